The van der Waals surface area contributed by atoms with Gasteiger partial charge in [0.05, 0.1) is 23.2 Å². The van der Waals surface area contributed by atoms with E-state index in [4.69, 9.17) is 9.41 Å². The van der Waals surface area contributed by atoms with Crippen LogP contribution in [0.2, 0.25) is 0 Å². The molecule has 1 aromatic carbocycles. The fourth-order valence-electron chi connectivity index (χ4n) is 3.13. The predicted octanol–water partition coefficient (Wildman–Crippen LogP) is 4.97. The number of para-hydroxylation sites is 2. The number of hydrogen-bond donors (Lipinski definition) is 1. The zero-order valence-corrected chi connectivity index (χ0v) is 12.5. The average molecular weight is 290 g/mol. The number of hydrogen-bond acceptors (Lipinski definition) is 3. The molecule has 0 spiro atoms. The van der Waals surface area contributed by atoms with Crippen molar-refractivity contribution in [1.82, 2.24) is 0 Å². The number of nitrogens with zero attached hydrogens (tertiary/aromatic N) is 1. The molecule has 2 aromatic rings. The van der Waals surface area contributed by atoms with Gasteiger partial charge in [0.2, 0.25) is 0 Å². The molecule has 22 heavy (non-hydrogen) atoms. The second-order valence-corrected chi connectivity index (χ2v) is 6.01. The number of aliphatic imine (C=N–C) groups is 1. The molecule has 1 aromatic heterocycles. The Balaban J connectivity index is 1.84. The molecule has 1 N–H and O–H groups in total. The first-order chi connectivity index (χ1) is 10.7. The molecule has 0 saturated carbocycles. The van der Waals surface area contributed by atoms with E-state index in [2.05, 4.69) is 42.6 Å². The van der Waals surface area contributed by atoms with Crippen LogP contribution in [0.5, 0.6) is 0 Å². The summed E-state index contributed by atoms with van der Waals surface area (Å²) in [6.45, 7) is 2.17. The van der Waals surface area contributed by atoms with Crippen LogP contribution in [0.3, 0.4) is 0 Å². The average Bonchev–Trinajstić information content (AvgIpc) is 3.20. The highest BCUT2D eigenvalue weighted by molar-refractivity contribution is 6.05. The van der Waals surface area contributed by atoms with Gasteiger partial charge in [0.15, 0.2) is 0 Å². The van der Waals surface area contributed by atoms with Crippen LogP contribution < -0.4 is 5.32 Å². The number of furan rings is 1. The van der Waals surface area contributed by atoms with E-state index >= 15 is 0 Å². The van der Waals surface area contributed by atoms with Crippen molar-refractivity contribution in [1.29, 1.82) is 0 Å². The van der Waals surface area contributed by atoms with E-state index in [1.54, 1.807) is 6.26 Å². The first-order valence-electron chi connectivity index (χ1n) is 7.59. The van der Waals surface area contributed by atoms with Crippen molar-refractivity contribution in [2.24, 2.45) is 4.99 Å². The number of allylic oxidation sites excluding steroid dienone is 4. The molecule has 3 nitrogen and oxygen atoms in total. The number of nitrogens with one attached hydrogen (secondary N) is 1. The highest BCUT2D eigenvalue weighted by Crippen LogP contribution is 2.39. The summed E-state index contributed by atoms with van der Waals surface area (Å²) in [4.78, 5) is 4.93. The molecule has 1 atom stereocenters. The van der Waals surface area contributed by atoms with Gasteiger partial charge < -0.3 is 9.73 Å². The van der Waals surface area contributed by atoms with Gasteiger partial charge in [0.1, 0.15) is 5.76 Å². The summed E-state index contributed by atoms with van der Waals surface area (Å²) < 4.78 is 5.70. The molecule has 0 amide bonds. The lowest BCUT2D eigenvalue weighted by molar-refractivity contribution is 0.404. The second-order valence-electron chi connectivity index (χ2n) is 6.01. The molecular weight excluding hydrogens is 272 g/mol. The van der Waals surface area contributed by atoms with Crippen molar-refractivity contribution < 1.29 is 4.42 Å². The van der Waals surface area contributed by atoms with E-state index in [9.17, 15) is 0 Å². The Bertz CT molecular complexity index is 784. The normalized spacial score (nSPS) is 23.3. The molecule has 0 saturated heterocycles. The number of benzene rings is 1. The minimum absolute atomic E-state index is 0.307. The van der Waals surface area contributed by atoms with E-state index in [0.29, 0.717) is 0 Å². The van der Waals surface area contributed by atoms with E-state index in [1.807, 2.05) is 24.3 Å². The second kappa shape index (κ2) is 5.02. The van der Waals surface area contributed by atoms with Gasteiger partial charge in [-0.25, -0.2) is 0 Å². The molecular formula is C19H18N2O. The first kappa shape index (κ1) is 13.1. The summed E-state index contributed by atoms with van der Waals surface area (Å²) >= 11 is 0. The van der Waals surface area contributed by atoms with Gasteiger partial charge in [0, 0.05) is 12.1 Å². The van der Waals surface area contributed by atoms with Gasteiger partial charge in [0.25, 0.3) is 0 Å². The lowest BCUT2D eigenvalue weighted by Crippen LogP contribution is -2.33. The van der Waals surface area contributed by atoms with E-state index < -0.39 is 0 Å². The predicted molar refractivity (Wildman–Crippen MR) is 89.7 cm³/mol. The first-order valence-corrected chi connectivity index (χ1v) is 7.59. The van der Waals surface area contributed by atoms with Gasteiger partial charge >= 0.3 is 0 Å². The fraction of sp³-hybridized carbons (Fsp3) is 0.211. The highest BCUT2D eigenvalue weighted by atomic mass is 16.3. The van der Waals surface area contributed by atoms with Crippen molar-refractivity contribution in [2.45, 2.75) is 25.3 Å². The molecule has 2 heterocycles. The molecule has 1 aliphatic carbocycles. The van der Waals surface area contributed by atoms with Crippen LogP contribution in [0.4, 0.5) is 11.4 Å². The van der Waals surface area contributed by atoms with Crippen LogP contribution in [0, 0.1) is 0 Å². The lowest BCUT2D eigenvalue weighted by atomic mass is 9.89. The molecule has 4 rings (SSSR count). The minimum atomic E-state index is -0.307. The summed E-state index contributed by atoms with van der Waals surface area (Å²) in [5, 5.41) is 3.64. The smallest absolute Gasteiger partial charge is 0.129 e. The zero-order chi connectivity index (χ0) is 15.0. The highest BCUT2D eigenvalue weighted by Gasteiger charge is 2.34. The molecule has 0 fully saturated rings. The fourth-order valence-corrected chi connectivity index (χ4v) is 3.13. The molecule has 0 radical (unpaired) electrons. The Morgan fingerprint density at radius 2 is 2.09 bits per heavy atom. The summed E-state index contributed by atoms with van der Waals surface area (Å²) in [6, 6.07) is 12.2. The van der Waals surface area contributed by atoms with Crippen LogP contribution in [0.25, 0.3) is 0 Å². The maximum Gasteiger partial charge on any atom is 0.129 e. The number of fused-ring (bicyclic) bond motifs is 1. The van der Waals surface area contributed by atoms with Gasteiger partial charge in [-0.1, -0.05) is 30.4 Å². The SMILES string of the molecule is CC1(c2ccco2)CC(C2=CC=CC2)=Nc2ccccc2N1. The summed E-state index contributed by atoms with van der Waals surface area (Å²) in [5.74, 6) is 0.934. The maximum absolute atomic E-state index is 5.70. The van der Waals surface area contributed by atoms with Crippen molar-refractivity contribution in [3.05, 3.63) is 72.2 Å². The number of rotatable bonds is 2. The molecule has 1 unspecified atom stereocenters. The standard InChI is InChI=1S/C19H18N2O/c1-19(18-11-6-12-22-18)13-17(14-7-2-3-8-14)20-15-9-4-5-10-16(15)21-19/h2-7,9-12,21H,8,13H2,1H3. The van der Waals surface area contributed by atoms with Crippen molar-refractivity contribution in [2.75, 3.05) is 5.32 Å². The third kappa shape index (κ3) is 2.19. The Hall–Kier alpha value is -2.55. The summed E-state index contributed by atoms with van der Waals surface area (Å²) in [7, 11) is 0. The van der Waals surface area contributed by atoms with Crippen LogP contribution in [-0.4, -0.2) is 5.71 Å². The Kier molecular flexibility index (Phi) is 3.00. The van der Waals surface area contributed by atoms with E-state index in [0.717, 1.165) is 35.7 Å². The monoisotopic (exact) mass is 290 g/mol. The third-order valence-corrected chi connectivity index (χ3v) is 4.30. The van der Waals surface area contributed by atoms with Gasteiger partial charge in [-0.15, -0.1) is 0 Å². The van der Waals surface area contributed by atoms with Crippen LogP contribution in [0.1, 0.15) is 25.5 Å². The van der Waals surface area contributed by atoms with Crippen molar-refractivity contribution in [3.8, 4) is 0 Å². The lowest BCUT2D eigenvalue weighted by Gasteiger charge is -2.29. The van der Waals surface area contributed by atoms with Crippen LogP contribution in [0.15, 0.2) is 75.9 Å². The molecule has 110 valence electrons. The van der Waals surface area contributed by atoms with Crippen LogP contribution >= 0.6 is 0 Å². The molecule has 2 aliphatic rings. The Morgan fingerprint density at radius 1 is 1.18 bits per heavy atom. The van der Waals surface area contributed by atoms with Crippen molar-refractivity contribution >= 4 is 17.1 Å². The zero-order valence-electron chi connectivity index (χ0n) is 12.5. The summed E-state index contributed by atoms with van der Waals surface area (Å²) in [5.41, 5.74) is 4.14. The Labute approximate surface area is 130 Å². The van der Waals surface area contributed by atoms with E-state index in [1.165, 1.54) is 5.57 Å². The largest absolute Gasteiger partial charge is 0.467 e. The van der Waals surface area contributed by atoms with Gasteiger partial charge in [-0.2, -0.15) is 0 Å². The summed E-state index contributed by atoms with van der Waals surface area (Å²) in [6.07, 6.45) is 9.91. The number of anilines is 1. The topological polar surface area (TPSA) is 37.5 Å². The van der Waals surface area contributed by atoms with Gasteiger partial charge in [-0.05, 0) is 43.2 Å². The third-order valence-electron chi connectivity index (χ3n) is 4.30. The van der Waals surface area contributed by atoms with E-state index in [-0.39, 0.29) is 5.54 Å². The molecule has 1 aliphatic heterocycles. The quantitative estimate of drug-likeness (QED) is 0.848. The van der Waals surface area contributed by atoms with Crippen molar-refractivity contribution in [3.63, 3.8) is 0 Å². The molecule has 0 bridgehead atoms. The molecule has 3 heteroatoms. The maximum atomic E-state index is 5.70. The van der Waals surface area contributed by atoms with Gasteiger partial charge in [-0.3, -0.25) is 4.99 Å². The van der Waals surface area contributed by atoms with Crippen LogP contribution in [-0.2, 0) is 5.54 Å². The Morgan fingerprint density at radius 3 is 2.86 bits per heavy atom. The minimum Gasteiger partial charge on any atom is -0.467 e.